The van der Waals surface area contributed by atoms with Crippen LogP contribution in [0.2, 0.25) is 0 Å². The Morgan fingerprint density at radius 1 is 1.03 bits per heavy atom. The SMILES string of the molecule is COCCCOc1cc(C[C@@H](C[C@H](N)C(O)C[C@H](C(=O)NCc2ccoc2)C(C)C)C(C)C)ccc1OC. The first-order valence-corrected chi connectivity index (χ1v) is 13.7. The van der Waals surface area contributed by atoms with Gasteiger partial charge in [0.1, 0.15) is 0 Å². The van der Waals surface area contributed by atoms with Gasteiger partial charge in [0.05, 0.1) is 32.3 Å². The van der Waals surface area contributed by atoms with E-state index in [4.69, 9.17) is 24.4 Å². The average molecular weight is 533 g/mol. The van der Waals surface area contributed by atoms with Crippen LogP contribution in [0.25, 0.3) is 0 Å². The smallest absolute Gasteiger partial charge is 0.223 e. The third-order valence-corrected chi connectivity index (χ3v) is 7.17. The van der Waals surface area contributed by atoms with Gasteiger partial charge in [-0.1, -0.05) is 33.8 Å². The van der Waals surface area contributed by atoms with Gasteiger partial charge in [0, 0.05) is 44.2 Å². The van der Waals surface area contributed by atoms with Crippen LogP contribution in [0.1, 0.15) is 58.1 Å². The number of nitrogens with two attached hydrogens (primary N) is 1. The number of hydrogen-bond donors (Lipinski definition) is 3. The Labute approximate surface area is 228 Å². The number of amides is 1. The number of carbonyl (C=O) groups is 1. The molecule has 1 heterocycles. The van der Waals surface area contributed by atoms with Crippen LogP contribution in [0.5, 0.6) is 11.5 Å². The molecule has 0 aliphatic carbocycles. The molecule has 8 heteroatoms. The highest BCUT2D eigenvalue weighted by atomic mass is 16.5. The molecule has 0 saturated carbocycles. The van der Waals surface area contributed by atoms with Gasteiger partial charge in [-0.05, 0) is 60.8 Å². The standard InChI is InChI=1S/C30H48N2O6/c1-20(2)24(14-22-8-9-28(36-6)29(15-22)38-12-7-11-35-5)16-26(31)27(33)17-25(21(3)4)30(34)32-18-23-10-13-37-19-23/h8-10,13,15,19-21,24-27,33H,7,11-12,14,16-18,31H2,1-6H3,(H,32,34)/t24-,25-,26-,27?/m0/s1. The van der Waals surface area contributed by atoms with E-state index in [-0.39, 0.29) is 23.7 Å². The molecule has 0 saturated heterocycles. The third-order valence-electron chi connectivity index (χ3n) is 7.17. The Kier molecular flexibility index (Phi) is 13.7. The lowest BCUT2D eigenvalue weighted by Crippen LogP contribution is -2.42. The van der Waals surface area contributed by atoms with Crippen LogP contribution < -0.4 is 20.5 Å². The molecule has 1 aromatic carbocycles. The second kappa shape index (κ2) is 16.4. The Balaban J connectivity index is 2.00. The van der Waals surface area contributed by atoms with Crippen molar-refractivity contribution >= 4 is 5.91 Å². The van der Waals surface area contributed by atoms with Crippen LogP contribution >= 0.6 is 0 Å². The average Bonchev–Trinajstić information content (AvgIpc) is 3.41. The maximum absolute atomic E-state index is 12.9. The number of aliphatic hydroxyl groups is 1. The van der Waals surface area contributed by atoms with Gasteiger partial charge in [-0.3, -0.25) is 4.79 Å². The first-order valence-electron chi connectivity index (χ1n) is 13.7. The van der Waals surface area contributed by atoms with E-state index in [1.807, 2.05) is 32.0 Å². The van der Waals surface area contributed by atoms with Crippen LogP contribution in [0, 0.1) is 23.7 Å². The number of hydrogen-bond acceptors (Lipinski definition) is 7. The molecule has 2 aromatic rings. The Hall–Kier alpha value is -2.55. The molecule has 214 valence electrons. The van der Waals surface area contributed by atoms with E-state index in [9.17, 15) is 9.90 Å². The fraction of sp³-hybridized carbons (Fsp3) is 0.633. The van der Waals surface area contributed by atoms with Gasteiger partial charge in [0.25, 0.3) is 0 Å². The lowest BCUT2D eigenvalue weighted by Gasteiger charge is -2.30. The summed E-state index contributed by atoms with van der Waals surface area (Å²) in [5.74, 6) is 1.69. The normalized spacial score (nSPS) is 14.8. The fourth-order valence-corrected chi connectivity index (χ4v) is 4.58. The molecule has 0 aliphatic rings. The molecule has 1 amide bonds. The topological polar surface area (TPSA) is 116 Å². The third kappa shape index (κ3) is 10.3. The predicted molar refractivity (Wildman–Crippen MR) is 149 cm³/mol. The highest BCUT2D eigenvalue weighted by molar-refractivity contribution is 5.78. The second-order valence-electron chi connectivity index (χ2n) is 10.8. The minimum Gasteiger partial charge on any atom is -0.493 e. The zero-order chi connectivity index (χ0) is 28.1. The van der Waals surface area contributed by atoms with E-state index in [1.165, 1.54) is 0 Å². The van der Waals surface area contributed by atoms with Crippen LogP contribution in [0.3, 0.4) is 0 Å². The van der Waals surface area contributed by atoms with Crippen LogP contribution in [-0.4, -0.2) is 50.6 Å². The molecule has 0 bridgehead atoms. The molecule has 0 radical (unpaired) electrons. The summed E-state index contributed by atoms with van der Waals surface area (Å²) in [6.45, 7) is 9.93. The number of methoxy groups -OCH3 is 2. The van der Waals surface area contributed by atoms with Crippen molar-refractivity contribution in [2.75, 3.05) is 27.4 Å². The van der Waals surface area contributed by atoms with E-state index in [2.05, 4.69) is 25.2 Å². The van der Waals surface area contributed by atoms with Crippen molar-refractivity contribution in [3.63, 3.8) is 0 Å². The van der Waals surface area contributed by atoms with Crippen molar-refractivity contribution in [2.24, 2.45) is 29.4 Å². The zero-order valence-corrected chi connectivity index (χ0v) is 23.9. The number of rotatable bonds is 18. The molecule has 1 unspecified atom stereocenters. The van der Waals surface area contributed by atoms with Crippen molar-refractivity contribution in [3.05, 3.63) is 47.9 Å². The number of carbonyl (C=O) groups excluding carboxylic acids is 1. The van der Waals surface area contributed by atoms with Crippen molar-refractivity contribution in [2.45, 2.75) is 72.1 Å². The van der Waals surface area contributed by atoms with Gasteiger partial charge in [0.15, 0.2) is 11.5 Å². The molecule has 4 N–H and O–H groups in total. The molecule has 8 nitrogen and oxygen atoms in total. The Morgan fingerprint density at radius 2 is 1.79 bits per heavy atom. The predicted octanol–water partition coefficient (Wildman–Crippen LogP) is 4.58. The summed E-state index contributed by atoms with van der Waals surface area (Å²) in [6.07, 6.45) is 4.98. The Morgan fingerprint density at radius 3 is 2.39 bits per heavy atom. The van der Waals surface area contributed by atoms with E-state index < -0.39 is 12.1 Å². The van der Waals surface area contributed by atoms with Gasteiger partial charge >= 0.3 is 0 Å². The molecule has 0 spiro atoms. The lowest BCUT2D eigenvalue weighted by molar-refractivity contribution is -0.127. The van der Waals surface area contributed by atoms with Gasteiger partial charge in [0.2, 0.25) is 5.91 Å². The first-order chi connectivity index (χ1) is 18.2. The maximum atomic E-state index is 12.9. The van der Waals surface area contributed by atoms with Gasteiger partial charge < -0.3 is 34.8 Å². The number of furan rings is 1. The number of ether oxygens (including phenoxy) is 3. The van der Waals surface area contributed by atoms with Crippen LogP contribution in [0.4, 0.5) is 0 Å². The van der Waals surface area contributed by atoms with Crippen LogP contribution in [0.15, 0.2) is 41.2 Å². The number of benzene rings is 1. The van der Waals surface area contributed by atoms with E-state index in [0.29, 0.717) is 50.0 Å². The van der Waals surface area contributed by atoms with E-state index in [1.54, 1.807) is 26.7 Å². The molecule has 0 fully saturated rings. The Bertz CT molecular complexity index is 931. The van der Waals surface area contributed by atoms with Crippen molar-refractivity contribution in [1.82, 2.24) is 5.32 Å². The minimum atomic E-state index is -0.779. The maximum Gasteiger partial charge on any atom is 0.223 e. The molecule has 38 heavy (non-hydrogen) atoms. The summed E-state index contributed by atoms with van der Waals surface area (Å²) < 4.78 is 21.6. The van der Waals surface area contributed by atoms with Gasteiger partial charge in [-0.15, -0.1) is 0 Å². The van der Waals surface area contributed by atoms with E-state index >= 15 is 0 Å². The monoisotopic (exact) mass is 532 g/mol. The molecular formula is C30H48N2O6. The van der Waals surface area contributed by atoms with Crippen LogP contribution in [-0.2, 0) is 22.5 Å². The summed E-state index contributed by atoms with van der Waals surface area (Å²) in [4.78, 5) is 12.9. The summed E-state index contributed by atoms with van der Waals surface area (Å²) in [6, 6.07) is 7.40. The minimum absolute atomic E-state index is 0.0729. The molecular weight excluding hydrogens is 484 g/mol. The summed E-state index contributed by atoms with van der Waals surface area (Å²) in [7, 11) is 3.31. The molecule has 2 rings (SSSR count). The second-order valence-corrected chi connectivity index (χ2v) is 10.8. The summed E-state index contributed by atoms with van der Waals surface area (Å²) in [5.41, 5.74) is 8.56. The van der Waals surface area contributed by atoms with Gasteiger partial charge in [-0.25, -0.2) is 0 Å². The fourth-order valence-electron chi connectivity index (χ4n) is 4.58. The lowest BCUT2D eigenvalue weighted by atomic mass is 9.81. The van der Waals surface area contributed by atoms with Gasteiger partial charge in [-0.2, -0.15) is 0 Å². The highest BCUT2D eigenvalue weighted by Crippen LogP contribution is 2.31. The largest absolute Gasteiger partial charge is 0.493 e. The first kappa shape index (κ1) is 31.7. The molecule has 4 atom stereocenters. The van der Waals surface area contributed by atoms with E-state index in [0.717, 1.165) is 24.0 Å². The zero-order valence-electron chi connectivity index (χ0n) is 23.9. The van der Waals surface area contributed by atoms with Crippen molar-refractivity contribution in [1.29, 1.82) is 0 Å². The molecule has 0 aliphatic heterocycles. The van der Waals surface area contributed by atoms with Crippen molar-refractivity contribution in [3.8, 4) is 11.5 Å². The number of nitrogens with one attached hydrogen (secondary N) is 1. The number of aliphatic hydroxyl groups excluding tert-OH is 1. The quantitative estimate of drug-likeness (QED) is 0.241. The van der Waals surface area contributed by atoms with Crippen molar-refractivity contribution < 1.29 is 28.5 Å². The summed E-state index contributed by atoms with van der Waals surface area (Å²) in [5, 5.41) is 14.0. The highest BCUT2D eigenvalue weighted by Gasteiger charge is 2.29. The molecule has 1 aromatic heterocycles. The summed E-state index contributed by atoms with van der Waals surface area (Å²) >= 11 is 0.